The first-order valence-electron chi connectivity index (χ1n) is 7.29. The number of para-hydroxylation sites is 1. The van der Waals surface area contributed by atoms with Gasteiger partial charge in [-0.3, -0.25) is 9.59 Å². The van der Waals surface area contributed by atoms with Crippen LogP contribution < -0.4 is 4.74 Å². The zero-order valence-corrected chi connectivity index (χ0v) is 13.5. The molecule has 5 nitrogen and oxygen atoms in total. The monoisotopic (exact) mass is 325 g/mol. The van der Waals surface area contributed by atoms with E-state index in [1.807, 2.05) is 6.92 Å². The van der Waals surface area contributed by atoms with E-state index in [4.69, 9.17) is 16.3 Å². The summed E-state index contributed by atoms with van der Waals surface area (Å²) in [4.78, 5) is 25.3. The molecule has 1 N–H and O–H groups in total. The van der Waals surface area contributed by atoms with Crippen LogP contribution >= 0.6 is 11.6 Å². The van der Waals surface area contributed by atoms with E-state index in [9.17, 15) is 14.7 Å². The zero-order valence-electron chi connectivity index (χ0n) is 12.8. The Balaban J connectivity index is 2.11. The second kappa shape index (κ2) is 6.57. The molecule has 1 unspecified atom stereocenters. The molecule has 1 aliphatic heterocycles. The minimum Gasteiger partial charge on any atom is -0.492 e. The van der Waals surface area contributed by atoms with Gasteiger partial charge in [0.15, 0.2) is 0 Å². The van der Waals surface area contributed by atoms with Crippen molar-refractivity contribution in [3.63, 3.8) is 0 Å². The van der Waals surface area contributed by atoms with Gasteiger partial charge in [0, 0.05) is 18.7 Å². The van der Waals surface area contributed by atoms with Gasteiger partial charge >= 0.3 is 5.97 Å². The molecule has 2 rings (SSSR count). The van der Waals surface area contributed by atoms with E-state index in [1.165, 1.54) is 0 Å². The number of benzene rings is 1. The molecule has 1 atom stereocenters. The highest BCUT2D eigenvalue weighted by atomic mass is 35.5. The van der Waals surface area contributed by atoms with Crippen molar-refractivity contribution in [3.05, 3.63) is 28.8 Å². The quantitative estimate of drug-likeness (QED) is 0.903. The molecule has 0 radical (unpaired) electrons. The van der Waals surface area contributed by atoms with Crippen molar-refractivity contribution in [2.24, 2.45) is 5.41 Å². The van der Waals surface area contributed by atoms with Gasteiger partial charge in [0.25, 0.3) is 0 Å². The van der Waals surface area contributed by atoms with E-state index in [0.29, 0.717) is 30.3 Å². The molecule has 22 heavy (non-hydrogen) atoms. The van der Waals surface area contributed by atoms with Crippen LogP contribution in [0.2, 0.25) is 5.02 Å². The Bertz CT molecular complexity index is 590. The molecular formula is C16H20ClNO4. The number of rotatable bonds is 5. The number of ether oxygens (including phenoxy) is 1. The van der Waals surface area contributed by atoms with Gasteiger partial charge in [-0.2, -0.15) is 0 Å². The van der Waals surface area contributed by atoms with Crippen LogP contribution in [0.15, 0.2) is 18.2 Å². The molecule has 1 aliphatic rings. The van der Waals surface area contributed by atoms with E-state index < -0.39 is 11.4 Å². The van der Waals surface area contributed by atoms with Gasteiger partial charge < -0.3 is 14.7 Å². The lowest BCUT2D eigenvalue weighted by molar-refractivity contribution is -0.147. The summed E-state index contributed by atoms with van der Waals surface area (Å²) in [5.41, 5.74) is -0.129. The Morgan fingerprint density at radius 1 is 1.45 bits per heavy atom. The maximum Gasteiger partial charge on any atom is 0.311 e. The van der Waals surface area contributed by atoms with Crippen molar-refractivity contribution in [3.8, 4) is 5.75 Å². The summed E-state index contributed by atoms with van der Waals surface area (Å²) in [7, 11) is 0. The Hall–Kier alpha value is -1.75. The van der Waals surface area contributed by atoms with Crippen molar-refractivity contribution >= 4 is 23.5 Å². The molecule has 0 aliphatic carbocycles. The molecule has 120 valence electrons. The van der Waals surface area contributed by atoms with Crippen LogP contribution in [0.1, 0.15) is 25.8 Å². The first-order chi connectivity index (χ1) is 10.4. The predicted molar refractivity (Wildman–Crippen MR) is 83.3 cm³/mol. The molecule has 6 heteroatoms. The number of nitrogens with zero attached hydrogens (tertiary/aromatic N) is 1. The lowest BCUT2D eigenvalue weighted by Gasteiger charge is -2.21. The summed E-state index contributed by atoms with van der Waals surface area (Å²) in [6, 6.07) is 5.30. The SMILES string of the molecule is CCOc1c(Cl)cccc1CC(=O)N1CCC(C)(C(=O)O)C1. The van der Waals surface area contributed by atoms with Gasteiger partial charge in [0.1, 0.15) is 5.75 Å². The Morgan fingerprint density at radius 3 is 2.77 bits per heavy atom. The van der Waals surface area contributed by atoms with Gasteiger partial charge in [-0.15, -0.1) is 0 Å². The summed E-state index contributed by atoms with van der Waals surface area (Å²) in [5, 5.41) is 9.71. The van der Waals surface area contributed by atoms with Crippen LogP contribution in [0.4, 0.5) is 0 Å². The number of halogens is 1. The van der Waals surface area contributed by atoms with Crippen molar-refractivity contribution in [1.82, 2.24) is 4.90 Å². The summed E-state index contributed by atoms with van der Waals surface area (Å²) in [6.45, 7) is 4.70. The van der Waals surface area contributed by atoms with E-state index in [0.717, 1.165) is 5.56 Å². The first-order valence-corrected chi connectivity index (χ1v) is 7.66. The summed E-state index contributed by atoms with van der Waals surface area (Å²) in [5.74, 6) is -0.436. The number of carboxylic acid groups (broad SMARTS) is 1. The Morgan fingerprint density at radius 2 is 2.18 bits per heavy atom. The third kappa shape index (κ3) is 3.35. The highest BCUT2D eigenvalue weighted by molar-refractivity contribution is 6.32. The van der Waals surface area contributed by atoms with Gasteiger partial charge in [0.2, 0.25) is 5.91 Å². The Labute approximate surface area is 134 Å². The number of aliphatic carboxylic acids is 1. The molecule has 1 heterocycles. The molecule has 0 spiro atoms. The number of hydrogen-bond donors (Lipinski definition) is 1. The normalized spacial score (nSPS) is 21.0. The van der Waals surface area contributed by atoms with E-state index >= 15 is 0 Å². The van der Waals surface area contributed by atoms with Gasteiger partial charge in [-0.1, -0.05) is 23.7 Å². The van der Waals surface area contributed by atoms with E-state index in [1.54, 1.807) is 30.0 Å². The third-order valence-electron chi connectivity index (χ3n) is 4.02. The molecule has 1 fully saturated rings. The Kier molecular flexibility index (Phi) is 4.96. The minimum atomic E-state index is -0.861. The number of carbonyl (C=O) groups excluding carboxylic acids is 1. The largest absolute Gasteiger partial charge is 0.492 e. The fourth-order valence-corrected chi connectivity index (χ4v) is 2.87. The highest BCUT2D eigenvalue weighted by Crippen LogP contribution is 2.32. The first kappa shape index (κ1) is 16.6. The average Bonchev–Trinajstić information content (AvgIpc) is 2.87. The van der Waals surface area contributed by atoms with Crippen LogP contribution in [0.25, 0.3) is 0 Å². The lowest BCUT2D eigenvalue weighted by atomic mass is 9.90. The van der Waals surface area contributed by atoms with Gasteiger partial charge in [-0.05, 0) is 26.3 Å². The predicted octanol–water partition coefficient (Wildman–Crippen LogP) is 2.60. The number of carboxylic acids is 1. The zero-order chi connectivity index (χ0) is 16.3. The van der Waals surface area contributed by atoms with Crippen LogP contribution in [0.3, 0.4) is 0 Å². The van der Waals surface area contributed by atoms with Crippen LogP contribution in [0, 0.1) is 5.41 Å². The van der Waals surface area contributed by atoms with Gasteiger partial charge in [0.05, 0.1) is 23.5 Å². The van der Waals surface area contributed by atoms with Crippen LogP contribution in [-0.4, -0.2) is 41.6 Å². The smallest absolute Gasteiger partial charge is 0.311 e. The topological polar surface area (TPSA) is 66.8 Å². The standard InChI is InChI=1S/C16H20ClNO4/c1-3-22-14-11(5-4-6-12(14)17)9-13(19)18-8-7-16(2,10-18)15(20)21/h4-6H,3,7-10H2,1-2H3,(H,20,21). The maximum atomic E-state index is 12.4. The second-order valence-corrected chi connectivity index (χ2v) is 6.18. The molecule has 1 aromatic carbocycles. The van der Waals surface area contributed by atoms with Crippen molar-refractivity contribution in [2.45, 2.75) is 26.7 Å². The lowest BCUT2D eigenvalue weighted by Crippen LogP contribution is -2.35. The van der Waals surface area contributed by atoms with Crippen LogP contribution in [-0.2, 0) is 16.0 Å². The average molecular weight is 326 g/mol. The molecule has 1 aromatic rings. The van der Waals surface area contributed by atoms with E-state index in [-0.39, 0.29) is 18.9 Å². The maximum absolute atomic E-state index is 12.4. The second-order valence-electron chi connectivity index (χ2n) is 5.77. The van der Waals surface area contributed by atoms with E-state index in [2.05, 4.69) is 0 Å². The van der Waals surface area contributed by atoms with Crippen molar-refractivity contribution in [2.75, 3.05) is 19.7 Å². The van der Waals surface area contributed by atoms with Crippen molar-refractivity contribution < 1.29 is 19.4 Å². The minimum absolute atomic E-state index is 0.104. The number of hydrogen-bond acceptors (Lipinski definition) is 3. The molecular weight excluding hydrogens is 306 g/mol. The van der Waals surface area contributed by atoms with Crippen LogP contribution in [0.5, 0.6) is 5.75 Å². The number of amides is 1. The molecule has 0 saturated carbocycles. The third-order valence-corrected chi connectivity index (χ3v) is 4.32. The number of likely N-dealkylation sites (tertiary alicyclic amines) is 1. The fraction of sp³-hybridized carbons (Fsp3) is 0.500. The molecule has 0 aromatic heterocycles. The van der Waals surface area contributed by atoms with Gasteiger partial charge in [-0.25, -0.2) is 0 Å². The molecule has 1 amide bonds. The molecule has 0 bridgehead atoms. The number of carbonyl (C=O) groups is 2. The summed E-state index contributed by atoms with van der Waals surface area (Å²) >= 11 is 6.11. The van der Waals surface area contributed by atoms with Crippen molar-refractivity contribution in [1.29, 1.82) is 0 Å². The fourth-order valence-electron chi connectivity index (χ4n) is 2.62. The molecule has 1 saturated heterocycles. The highest BCUT2D eigenvalue weighted by Gasteiger charge is 2.42. The summed E-state index contributed by atoms with van der Waals surface area (Å²) < 4.78 is 5.51. The summed E-state index contributed by atoms with van der Waals surface area (Å²) in [6.07, 6.45) is 0.632.